The Kier molecular flexibility index (Phi) is 4.62. The first-order valence-corrected chi connectivity index (χ1v) is 7.97. The van der Waals surface area contributed by atoms with Crippen LogP contribution in [0.2, 0.25) is 0 Å². The van der Waals surface area contributed by atoms with E-state index in [0.29, 0.717) is 6.54 Å². The van der Waals surface area contributed by atoms with E-state index in [9.17, 15) is 9.90 Å². The minimum Gasteiger partial charge on any atom is -0.394 e. The van der Waals surface area contributed by atoms with Gasteiger partial charge in [0.2, 0.25) is 0 Å². The number of carbonyl (C=O) groups is 1. The van der Waals surface area contributed by atoms with Gasteiger partial charge in [-0.25, -0.2) is 9.48 Å². The number of nitrogens with zero attached hydrogens (tertiary/aromatic N) is 3. The van der Waals surface area contributed by atoms with Crippen LogP contribution in [0.1, 0.15) is 31.4 Å². The summed E-state index contributed by atoms with van der Waals surface area (Å²) in [7, 11) is 0. The lowest BCUT2D eigenvalue weighted by Gasteiger charge is -2.25. The zero-order valence-electron chi connectivity index (χ0n) is 13.2. The number of carbonyl (C=O) groups excluding carboxylic acids is 1. The van der Waals surface area contributed by atoms with Crippen LogP contribution in [0.4, 0.5) is 4.79 Å². The molecule has 1 aliphatic rings. The summed E-state index contributed by atoms with van der Waals surface area (Å²) in [5.74, 6) is 0. The van der Waals surface area contributed by atoms with Crippen LogP contribution in [0, 0.1) is 0 Å². The molecule has 2 atom stereocenters. The van der Waals surface area contributed by atoms with E-state index >= 15 is 0 Å². The number of rotatable bonds is 4. The summed E-state index contributed by atoms with van der Waals surface area (Å²) in [6.45, 7) is 2.69. The predicted molar refractivity (Wildman–Crippen MR) is 87.3 cm³/mol. The second-order valence-corrected chi connectivity index (χ2v) is 5.89. The molecule has 0 saturated carbocycles. The minimum absolute atomic E-state index is 0.0244. The van der Waals surface area contributed by atoms with Gasteiger partial charge in [0.15, 0.2) is 0 Å². The minimum atomic E-state index is -0.113. The molecule has 1 fully saturated rings. The molecule has 0 unspecified atom stereocenters. The fraction of sp³-hybridized carbons (Fsp3) is 0.412. The van der Waals surface area contributed by atoms with Crippen LogP contribution in [0.3, 0.4) is 0 Å². The monoisotopic (exact) mass is 314 g/mol. The zero-order valence-corrected chi connectivity index (χ0v) is 13.2. The smallest absolute Gasteiger partial charge is 0.318 e. The normalized spacial score (nSPS) is 18.9. The van der Waals surface area contributed by atoms with Crippen LogP contribution in [-0.4, -0.2) is 45.0 Å². The largest absolute Gasteiger partial charge is 0.394 e. The van der Waals surface area contributed by atoms with E-state index in [4.69, 9.17) is 0 Å². The molecule has 1 aromatic heterocycles. The van der Waals surface area contributed by atoms with Gasteiger partial charge in [0, 0.05) is 18.9 Å². The Morgan fingerprint density at radius 3 is 3.09 bits per heavy atom. The quantitative estimate of drug-likeness (QED) is 0.908. The third kappa shape index (κ3) is 3.37. The van der Waals surface area contributed by atoms with Gasteiger partial charge in [-0.05, 0) is 43.5 Å². The van der Waals surface area contributed by atoms with Crippen LogP contribution >= 0.6 is 0 Å². The molecule has 2 N–H and O–H groups in total. The van der Waals surface area contributed by atoms with E-state index in [-0.39, 0.29) is 24.7 Å². The van der Waals surface area contributed by atoms with E-state index in [1.54, 1.807) is 15.8 Å². The molecule has 2 amide bonds. The average molecular weight is 314 g/mol. The highest BCUT2D eigenvalue weighted by atomic mass is 16.3. The maximum Gasteiger partial charge on any atom is 0.318 e. The van der Waals surface area contributed by atoms with Gasteiger partial charge in [0.1, 0.15) is 0 Å². The third-order valence-corrected chi connectivity index (χ3v) is 4.33. The van der Waals surface area contributed by atoms with Crippen molar-refractivity contribution in [1.82, 2.24) is 20.0 Å². The average Bonchev–Trinajstić information content (AvgIpc) is 3.26. The van der Waals surface area contributed by atoms with Crippen LogP contribution < -0.4 is 5.32 Å². The van der Waals surface area contributed by atoms with Gasteiger partial charge in [-0.1, -0.05) is 12.1 Å². The van der Waals surface area contributed by atoms with Crippen LogP contribution in [-0.2, 0) is 0 Å². The number of urea groups is 1. The lowest BCUT2D eigenvalue weighted by molar-refractivity contribution is 0.155. The summed E-state index contributed by atoms with van der Waals surface area (Å²) < 4.78 is 1.79. The first-order valence-electron chi connectivity index (χ1n) is 7.97. The summed E-state index contributed by atoms with van der Waals surface area (Å²) in [4.78, 5) is 14.1. The SMILES string of the molecule is C[C@H](NC(=O)N1CCC[C@@H]1CO)c1cccc(-n2cccn2)c1. The van der Waals surface area contributed by atoms with Crippen molar-refractivity contribution in [1.29, 1.82) is 0 Å². The topological polar surface area (TPSA) is 70.4 Å². The molecule has 0 aliphatic carbocycles. The Balaban J connectivity index is 1.70. The van der Waals surface area contributed by atoms with Gasteiger partial charge >= 0.3 is 6.03 Å². The van der Waals surface area contributed by atoms with Gasteiger partial charge in [0.25, 0.3) is 0 Å². The van der Waals surface area contributed by atoms with Crippen molar-refractivity contribution in [2.45, 2.75) is 31.8 Å². The van der Waals surface area contributed by atoms with E-state index in [1.807, 2.05) is 43.5 Å². The molecule has 6 heteroatoms. The summed E-state index contributed by atoms with van der Waals surface area (Å²) in [5.41, 5.74) is 1.98. The highest BCUT2D eigenvalue weighted by Gasteiger charge is 2.28. The van der Waals surface area contributed by atoms with Crippen molar-refractivity contribution in [3.63, 3.8) is 0 Å². The van der Waals surface area contributed by atoms with Crippen molar-refractivity contribution in [2.24, 2.45) is 0 Å². The van der Waals surface area contributed by atoms with Crippen LogP contribution in [0.5, 0.6) is 0 Å². The molecular weight excluding hydrogens is 292 g/mol. The number of hydrogen-bond acceptors (Lipinski definition) is 3. The Morgan fingerprint density at radius 2 is 2.35 bits per heavy atom. The van der Waals surface area contributed by atoms with Crippen molar-refractivity contribution in [3.05, 3.63) is 48.3 Å². The number of hydrogen-bond donors (Lipinski definition) is 2. The first kappa shape index (κ1) is 15.6. The number of aliphatic hydroxyl groups is 1. The maximum absolute atomic E-state index is 12.4. The van der Waals surface area contributed by atoms with Crippen molar-refractivity contribution >= 4 is 6.03 Å². The predicted octanol–water partition coefficient (Wildman–Crippen LogP) is 2.10. The number of amides is 2. The lowest BCUT2D eigenvalue weighted by atomic mass is 10.1. The van der Waals surface area contributed by atoms with E-state index in [0.717, 1.165) is 24.1 Å². The molecule has 122 valence electrons. The van der Waals surface area contributed by atoms with Crippen molar-refractivity contribution in [3.8, 4) is 5.69 Å². The summed E-state index contributed by atoms with van der Waals surface area (Å²) in [6, 6.07) is 9.54. The summed E-state index contributed by atoms with van der Waals surface area (Å²) in [6.07, 6.45) is 5.44. The molecule has 0 spiro atoms. The fourth-order valence-corrected chi connectivity index (χ4v) is 3.00. The molecule has 0 bridgehead atoms. The van der Waals surface area contributed by atoms with E-state index in [1.165, 1.54) is 0 Å². The Bertz CT molecular complexity index is 656. The zero-order chi connectivity index (χ0) is 16.2. The highest BCUT2D eigenvalue weighted by molar-refractivity contribution is 5.75. The molecule has 6 nitrogen and oxygen atoms in total. The van der Waals surface area contributed by atoms with Crippen LogP contribution in [0.25, 0.3) is 5.69 Å². The van der Waals surface area contributed by atoms with E-state index < -0.39 is 0 Å². The fourth-order valence-electron chi connectivity index (χ4n) is 3.00. The second kappa shape index (κ2) is 6.83. The van der Waals surface area contributed by atoms with E-state index in [2.05, 4.69) is 10.4 Å². The molecule has 2 aromatic rings. The van der Waals surface area contributed by atoms with Gasteiger partial charge in [-0.15, -0.1) is 0 Å². The Hall–Kier alpha value is -2.34. The van der Waals surface area contributed by atoms with Gasteiger partial charge < -0.3 is 15.3 Å². The Labute approximate surface area is 135 Å². The molecule has 3 rings (SSSR count). The molecular formula is C17H22N4O2. The Morgan fingerprint density at radius 1 is 1.48 bits per heavy atom. The van der Waals surface area contributed by atoms with Crippen molar-refractivity contribution in [2.75, 3.05) is 13.2 Å². The number of likely N-dealkylation sites (tertiary alicyclic amines) is 1. The van der Waals surface area contributed by atoms with Gasteiger partial charge in [0.05, 0.1) is 24.4 Å². The number of nitrogens with one attached hydrogen (secondary N) is 1. The number of aliphatic hydroxyl groups excluding tert-OH is 1. The van der Waals surface area contributed by atoms with Crippen LogP contribution in [0.15, 0.2) is 42.7 Å². The number of benzene rings is 1. The lowest BCUT2D eigenvalue weighted by Crippen LogP contribution is -2.44. The summed E-state index contributed by atoms with van der Waals surface area (Å²) >= 11 is 0. The first-order chi connectivity index (χ1) is 11.2. The molecule has 23 heavy (non-hydrogen) atoms. The number of aromatic nitrogens is 2. The molecule has 1 saturated heterocycles. The molecule has 2 heterocycles. The summed E-state index contributed by atoms with van der Waals surface area (Å²) in [5, 5.41) is 16.6. The standard InChI is InChI=1S/C17H22N4O2/c1-13(19-17(23)20-9-3-7-16(20)12-22)14-5-2-6-15(11-14)21-10-4-8-18-21/h2,4-6,8,10-11,13,16,22H,3,7,9,12H2,1H3,(H,19,23)/t13-,16+/m0/s1. The van der Waals surface area contributed by atoms with Gasteiger partial charge in [-0.2, -0.15) is 5.10 Å². The molecule has 1 aromatic carbocycles. The second-order valence-electron chi connectivity index (χ2n) is 5.89. The highest BCUT2D eigenvalue weighted by Crippen LogP contribution is 2.20. The van der Waals surface area contributed by atoms with Crippen molar-refractivity contribution < 1.29 is 9.90 Å². The molecule has 1 aliphatic heterocycles. The van der Waals surface area contributed by atoms with Gasteiger partial charge in [-0.3, -0.25) is 0 Å². The third-order valence-electron chi connectivity index (χ3n) is 4.33. The molecule has 0 radical (unpaired) electrons. The maximum atomic E-state index is 12.4.